The van der Waals surface area contributed by atoms with Crippen LogP contribution in [-0.4, -0.2) is 19.9 Å². The summed E-state index contributed by atoms with van der Waals surface area (Å²) in [4.78, 5) is 3.25. The summed E-state index contributed by atoms with van der Waals surface area (Å²) in [5.74, 6) is 0. The minimum absolute atomic E-state index is 0.312. The molecule has 0 radical (unpaired) electrons. The highest BCUT2D eigenvalue weighted by atomic mass is 32.2. The Bertz CT molecular complexity index is 604. The van der Waals surface area contributed by atoms with Gasteiger partial charge in [-0.1, -0.05) is 17.7 Å². The summed E-state index contributed by atoms with van der Waals surface area (Å²) >= 11 is 0. The number of hydrogen-bond donors (Lipinski definition) is 2. The Morgan fingerprint density at radius 1 is 1.26 bits per heavy atom. The van der Waals surface area contributed by atoms with E-state index in [1.807, 2.05) is 30.2 Å². The summed E-state index contributed by atoms with van der Waals surface area (Å²) < 4.78 is 28.5. The molecule has 0 aliphatic rings. The molecule has 2 aromatic rings. The van der Waals surface area contributed by atoms with Gasteiger partial charge in [-0.3, -0.25) is 4.98 Å². The van der Waals surface area contributed by atoms with Gasteiger partial charge in [0.15, 0.2) is 0 Å². The van der Waals surface area contributed by atoms with Crippen molar-refractivity contribution >= 4 is 10.0 Å². The summed E-state index contributed by atoms with van der Waals surface area (Å²) in [6.45, 7) is 3.13. The molecule has 102 valence electrons. The normalized spacial score (nSPS) is 11.6. The molecule has 1 heterocycles. The molecule has 0 amide bonds. The summed E-state index contributed by atoms with van der Waals surface area (Å²) in [7, 11) is -3.39. The molecule has 6 heteroatoms. The monoisotopic (exact) mass is 280 g/mol. The number of benzene rings is 1. The van der Waals surface area contributed by atoms with Gasteiger partial charge >= 0.3 is 0 Å². The Labute approximate surface area is 113 Å². The topological polar surface area (TPSA) is 65.8 Å². The second kappa shape index (κ2) is 5.99. The first kappa shape index (κ1) is 13.8. The standard InChI is InChI=1S/C13H17N3O2S/c1-12-3-5-13(6-4-12)19(17,18)15-7-2-9-16-10-8-14-11-16/h3-6,8,10-11,15H,2,7,9H2,1H3/p+1. The zero-order valence-electron chi connectivity index (χ0n) is 10.8. The van der Waals surface area contributed by atoms with Crippen LogP contribution in [0.15, 0.2) is 47.9 Å². The number of rotatable bonds is 6. The van der Waals surface area contributed by atoms with E-state index < -0.39 is 10.0 Å². The molecule has 0 aliphatic carbocycles. The number of aromatic amines is 1. The van der Waals surface area contributed by atoms with Crippen LogP contribution in [0.25, 0.3) is 0 Å². The number of H-pyrrole nitrogens is 1. The van der Waals surface area contributed by atoms with E-state index in [2.05, 4.69) is 9.71 Å². The zero-order valence-corrected chi connectivity index (χ0v) is 11.7. The average Bonchev–Trinajstić information content (AvgIpc) is 2.88. The van der Waals surface area contributed by atoms with Crippen molar-refractivity contribution in [2.75, 3.05) is 6.54 Å². The Morgan fingerprint density at radius 3 is 2.63 bits per heavy atom. The minimum Gasteiger partial charge on any atom is -0.250 e. The first-order valence-electron chi connectivity index (χ1n) is 6.16. The third-order valence-electron chi connectivity index (χ3n) is 2.82. The molecule has 0 unspecified atom stereocenters. The first-order chi connectivity index (χ1) is 9.08. The molecule has 0 atom stereocenters. The maximum absolute atomic E-state index is 12.0. The van der Waals surface area contributed by atoms with Crippen LogP contribution in [0.1, 0.15) is 12.0 Å². The number of sulfonamides is 1. The molecule has 0 saturated heterocycles. The molecule has 5 nitrogen and oxygen atoms in total. The molecule has 1 aromatic heterocycles. The van der Waals surface area contributed by atoms with E-state index in [1.54, 1.807) is 24.3 Å². The van der Waals surface area contributed by atoms with Gasteiger partial charge in [0.1, 0.15) is 12.4 Å². The summed E-state index contributed by atoms with van der Waals surface area (Å²) in [5.41, 5.74) is 1.04. The lowest BCUT2D eigenvalue weighted by molar-refractivity contribution is -0.695. The predicted octanol–water partition coefficient (Wildman–Crippen LogP) is 0.979. The maximum atomic E-state index is 12.0. The second-order valence-corrected chi connectivity index (χ2v) is 6.18. The summed E-state index contributed by atoms with van der Waals surface area (Å²) in [6, 6.07) is 6.84. The van der Waals surface area contributed by atoms with Crippen molar-refractivity contribution in [2.45, 2.75) is 24.8 Å². The maximum Gasteiger partial charge on any atom is 0.241 e. The summed E-state index contributed by atoms with van der Waals surface area (Å²) in [5, 5.41) is 0. The van der Waals surface area contributed by atoms with Crippen molar-refractivity contribution in [1.82, 2.24) is 9.71 Å². The number of nitrogens with zero attached hydrogens (tertiary/aromatic N) is 1. The lowest BCUT2D eigenvalue weighted by Gasteiger charge is -2.06. The molecule has 0 aliphatic heterocycles. The van der Waals surface area contributed by atoms with E-state index >= 15 is 0 Å². The molecule has 1 aromatic carbocycles. The van der Waals surface area contributed by atoms with Gasteiger partial charge in [-0.2, -0.15) is 0 Å². The highest BCUT2D eigenvalue weighted by Crippen LogP contribution is 2.09. The lowest BCUT2D eigenvalue weighted by Crippen LogP contribution is -2.33. The molecule has 0 bridgehead atoms. The molecule has 0 spiro atoms. The lowest BCUT2D eigenvalue weighted by atomic mass is 10.2. The van der Waals surface area contributed by atoms with E-state index in [0.717, 1.165) is 18.5 Å². The van der Waals surface area contributed by atoms with Crippen molar-refractivity contribution in [3.05, 3.63) is 48.5 Å². The van der Waals surface area contributed by atoms with Gasteiger partial charge in [-0.15, -0.1) is 0 Å². The number of aryl methyl sites for hydroxylation is 2. The Hall–Kier alpha value is -1.66. The SMILES string of the molecule is Cc1ccc(S(=O)(=O)NCCC[n+]2cc[nH]c2)cc1. The van der Waals surface area contributed by atoms with Crippen LogP contribution in [0.5, 0.6) is 0 Å². The molecular weight excluding hydrogens is 262 g/mol. The Kier molecular flexibility index (Phi) is 4.34. The van der Waals surface area contributed by atoms with Crippen LogP contribution in [0.4, 0.5) is 0 Å². The van der Waals surface area contributed by atoms with Crippen LogP contribution >= 0.6 is 0 Å². The largest absolute Gasteiger partial charge is 0.250 e. The van der Waals surface area contributed by atoms with E-state index in [1.165, 1.54) is 0 Å². The zero-order chi connectivity index (χ0) is 13.7. The third kappa shape index (κ3) is 3.90. The Balaban J connectivity index is 1.86. The molecular formula is C13H18N3O2S+. The average molecular weight is 280 g/mol. The molecule has 2 rings (SSSR count). The number of hydrogen-bond acceptors (Lipinski definition) is 2. The van der Waals surface area contributed by atoms with E-state index in [0.29, 0.717) is 11.4 Å². The fraction of sp³-hybridized carbons (Fsp3) is 0.308. The predicted molar refractivity (Wildman–Crippen MR) is 72.0 cm³/mol. The van der Waals surface area contributed by atoms with Gasteiger partial charge < -0.3 is 0 Å². The number of nitrogens with one attached hydrogen (secondary N) is 2. The highest BCUT2D eigenvalue weighted by Gasteiger charge is 2.12. The van der Waals surface area contributed by atoms with Gasteiger partial charge in [-0.05, 0) is 25.5 Å². The molecule has 2 N–H and O–H groups in total. The van der Waals surface area contributed by atoms with Crippen LogP contribution in [0.2, 0.25) is 0 Å². The summed E-state index contributed by atoms with van der Waals surface area (Å²) in [6.07, 6.45) is 6.33. The quantitative estimate of drug-likeness (QED) is 0.612. The highest BCUT2D eigenvalue weighted by molar-refractivity contribution is 7.89. The van der Waals surface area contributed by atoms with Crippen molar-refractivity contribution in [3.8, 4) is 0 Å². The van der Waals surface area contributed by atoms with Crippen molar-refractivity contribution in [2.24, 2.45) is 0 Å². The molecule has 0 saturated carbocycles. The van der Waals surface area contributed by atoms with Crippen LogP contribution in [0.3, 0.4) is 0 Å². The molecule has 19 heavy (non-hydrogen) atoms. The van der Waals surface area contributed by atoms with E-state index in [9.17, 15) is 8.42 Å². The van der Waals surface area contributed by atoms with E-state index in [4.69, 9.17) is 0 Å². The van der Waals surface area contributed by atoms with Gasteiger partial charge in [0, 0.05) is 6.54 Å². The smallest absolute Gasteiger partial charge is 0.241 e. The molecule has 0 fully saturated rings. The fourth-order valence-corrected chi connectivity index (χ4v) is 2.80. The first-order valence-corrected chi connectivity index (χ1v) is 7.64. The fourth-order valence-electron chi connectivity index (χ4n) is 1.73. The van der Waals surface area contributed by atoms with Crippen LogP contribution in [0, 0.1) is 6.92 Å². The van der Waals surface area contributed by atoms with Crippen molar-refractivity contribution in [3.63, 3.8) is 0 Å². The number of imidazole rings is 1. The number of aromatic nitrogens is 2. The van der Waals surface area contributed by atoms with Gasteiger partial charge in [0.25, 0.3) is 0 Å². The van der Waals surface area contributed by atoms with E-state index in [-0.39, 0.29) is 0 Å². The van der Waals surface area contributed by atoms with Crippen molar-refractivity contribution in [1.29, 1.82) is 0 Å². The van der Waals surface area contributed by atoms with Crippen LogP contribution < -0.4 is 9.29 Å². The van der Waals surface area contributed by atoms with Gasteiger partial charge in [0.05, 0.1) is 11.4 Å². The second-order valence-electron chi connectivity index (χ2n) is 4.41. The van der Waals surface area contributed by atoms with Gasteiger partial charge in [-0.25, -0.2) is 17.7 Å². The van der Waals surface area contributed by atoms with Crippen molar-refractivity contribution < 1.29 is 13.0 Å². The Morgan fingerprint density at radius 2 is 2.00 bits per heavy atom. The third-order valence-corrected chi connectivity index (χ3v) is 4.30. The van der Waals surface area contributed by atoms with Crippen LogP contribution in [-0.2, 0) is 16.6 Å². The minimum atomic E-state index is -3.39. The van der Waals surface area contributed by atoms with Gasteiger partial charge in [0.2, 0.25) is 16.4 Å².